The van der Waals surface area contributed by atoms with Crippen LogP contribution in [0.3, 0.4) is 0 Å². The fourth-order valence-corrected chi connectivity index (χ4v) is 5.09. The number of carbonyl (C=O) groups excluding carboxylic acids is 2. The smallest absolute Gasteiger partial charge is 0.352 e. The standard InChI is InChI=1S/C16H19N5O5S2/c1-6(2)7-4-27-14-10(13(23)21(14)11(7)15(24)25)19-12(22)9(20-26-3)8-5-28-16(17)18-8/h5-6,10,14H,4H2,1-3H3,(H2,17,18)(H,19,22)(H,24,25)/t10?,14-/m1/s1. The van der Waals surface area contributed by atoms with E-state index in [2.05, 4.69) is 15.5 Å². The Morgan fingerprint density at radius 1 is 1.50 bits per heavy atom. The first-order valence-corrected chi connectivity index (χ1v) is 10.2. The molecule has 1 aromatic rings. The quantitative estimate of drug-likeness (QED) is 0.338. The fourth-order valence-electron chi connectivity index (χ4n) is 2.99. The molecule has 1 saturated heterocycles. The number of β-lactam (4-membered cyclic amide) rings is 1. The van der Waals surface area contributed by atoms with Crippen LogP contribution < -0.4 is 11.1 Å². The normalized spacial score (nSPS) is 22.1. The molecule has 150 valence electrons. The maximum Gasteiger partial charge on any atom is 0.352 e. The number of aliphatic carboxylic acids is 1. The number of rotatable bonds is 6. The molecule has 0 spiro atoms. The Morgan fingerprint density at radius 2 is 2.21 bits per heavy atom. The number of oxime groups is 1. The van der Waals surface area contributed by atoms with E-state index >= 15 is 0 Å². The highest BCUT2D eigenvalue weighted by atomic mass is 32.2. The molecule has 2 aliphatic heterocycles. The molecule has 12 heteroatoms. The van der Waals surface area contributed by atoms with Crippen LogP contribution >= 0.6 is 23.1 Å². The topological polar surface area (TPSA) is 147 Å². The molecule has 0 aromatic carbocycles. The molecule has 3 rings (SSSR count). The van der Waals surface area contributed by atoms with Gasteiger partial charge in [0.25, 0.3) is 11.8 Å². The second-order valence-corrected chi connectivity index (χ2v) is 8.38. The van der Waals surface area contributed by atoms with Crippen molar-refractivity contribution in [1.82, 2.24) is 15.2 Å². The van der Waals surface area contributed by atoms with Crippen molar-refractivity contribution in [3.05, 3.63) is 22.3 Å². The first-order valence-electron chi connectivity index (χ1n) is 8.30. The van der Waals surface area contributed by atoms with E-state index in [0.29, 0.717) is 11.3 Å². The molecular formula is C16H19N5O5S2. The Labute approximate surface area is 168 Å². The number of aromatic nitrogens is 1. The van der Waals surface area contributed by atoms with E-state index in [0.717, 1.165) is 11.3 Å². The van der Waals surface area contributed by atoms with E-state index in [1.165, 1.54) is 23.8 Å². The van der Waals surface area contributed by atoms with Gasteiger partial charge in [0.1, 0.15) is 29.9 Å². The van der Waals surface area contributed by atoms with Crippen molar-refractivity contribution in [3.8, 4) is 0 Å². The maximum absolute atomic E-state index is 12.6. The van der Waals surface area contributed by atoms with E-state index in [1.807, 2.05) is 13.8 Å². The van der Waals surface area contributed by atoms with E-state index in [1.54, 1.807) is 5.38 Å². The summed E-state index contributed by atoms with van der Waals surface area (Å²) >= 11 is 2.55. The second kappa shape index (κ2) is 7.80. The summed E-state index contributed by atoms with van der Waals surface area (Å²) in [5, 5.41) is 17.2. The monoisotopic (exact) mass is 425 g/mol. The number of nitrogens with two attached hydrogens (primary N) is 1. The first-order chi connectivity index (χ1) is 13.3. The number of hydrogen-bond acceptors (Lipinski definition) is 9. The molecule has 2 atom stereocenters. The van der Waals surface area contributed by atoms with Gasteiger partial charge < -0.3 is 21.0 Å². The van der Waals surface area contributed by atoms with Gasteiger partial charge in [-0.2, -0.15) is 0 Å². The average Bonchev–Trinajstić information content (AvgIpc) is 3.08. The van der Waals surface area contributed by atoms with Crippen molar-refractivity contribution >= 4 is 51.7 Å². The fraction of sp³-hybridized carbons (Fsp3) is 0.438. The number of nitrogen functional groups attached to an aromatic ring is 1. The number of carbonyl (C=O) groups is 3. The summed E-state index contributed by atoms with van der Waals surface area (Å²) in [4.78, 5) is 46.9. The summed E-state index contributed by atoms with van der Waals surface area (Å²) in [5.41, 5.74) is 6.42. The zero-order valence-corrected chi connectivity index (χ0v) is 17.0. The number of carboxylic acid groups (broad SMARTS) is 1. The minimum Gasteiger partial charge on any atom is -0.477 e. The molecule has 1 aromatic heterocycles. The molecule has 0 radical (unpaired) electrons. The largest absolute Gasteiger partial charge is 0.477 e. The predicted octanol–water partition coefficient (Wildman–Crippen LogP) is 0.470. The third-order valence-electron chi connectivity index (χ3n) is 4.35. The van der Waals surface area contributed by atoms with Crippen molar-refractivity contribution in [1.29, 1.82) is 0 Å². The predicted molar refractivity (Wildman–Crippen MR) is 105 cm³/mol. The molecule has 0 saturated carbocycles. The van der Waals surface area contributed by atoms with Crippen LogP contribution in [0.15, 0.2) is 21.8 Å². The van der Waals surface area contributed by atoms with Gasteiger partial charge in [-0.25, -0.2) is 9.78 Å². The number of thioether (sulfide) groups is 1. The van der Waals surface area contributed by atoms with Crippen LogP contribution in [0.2, 0.25) is 0 Å². The highest BCUT2D eigenvalue weighted by Crippen LogP contribution is 2.42. The van der Waals surface area contributed by atoms with Gasteiger partial charge in [0, 0.05) is 11.1 Å². The maximum atomic E-state index is 12.6. The van der Waals surface area contributed by atoms with Crippen molar-refractivity contribution < 1.29 is 24.3 Å². The van der Waals surface area contributed by atoms with Crippen LogP contribution in [0.25, 0.3) is 0 Å². The highest BCUT2D eigenvalue weighted by molar-refractivity contribution is 8.00. The molecule has 0 bridgehead atoms. The zero-order chi connectivity index (χ0) is 20.6. The third kappa shape index (κ3) is 3.44. The van der Waals surface area contributed by atoms with Crippen LogP contribution in [0.1, 0.15) is 19.5 Å². The number of hydrogen-bond donors (Lipinski definition) is 3. The number of nitrogens with zero attached hydrogens (tertiary/aromatic N) is 3. The van der Waals surface area contributed by atoms with Gasteiger partial charge in [0.2, 0.25) is 0 Å². The number of thiazole rings is 1. The lowest BCUT2D eigenvalue weighted by atomic mass is 9.97. The summed E-state index contributed by atoms with van der Waals surface area (Å²) in [5.74, 6) is -1.80. The van der Waals surface area contributed by atoms with Gasteiger partial charge >= 0.3 is 5.97 Å². The molecule has 1 unspecified atom stereocenters. The van der Waals surface area contributed by atoms with Crippen molar-refractivity contribution in [2.24, 2.45) is 11.1 Å². The Kier molecular flexibility index (Phi) is 5.61. The lowest BCUT2D eigenvalue weighted by molar-refractivity contribution is -0.150. The molecule has 0 aliphatic carbocycles. The molecule has 3 heterocycles. The SMILES string of the molecule is CON=C(C(=O)NC1C(=O)N2C(C(=O)O)=C(C(C)C)CS[C@H]12)c1csc(N)n1. The number of fused-ring (bicyclic) bond motifs is 1. The van der Waals surface area contributed by atoms with E-state index in [-0.39, 0.29) is 28.2 Å². The summed E-state index contributed by atoms with van der Waals surface area (Å²) in [6.07, 6.45) is 0. The van der Waals surface area contributed by atoms with Crippen LogP contribution in [0.4, 0.5) is 5.13 Å². The molecule has 4 N–H and O–H groups in total. The van der Waals surface area contributed by atoms with Crippen LogP contribution in [0, 0.1) is 5.92 Å². The molecule has 2 aliphatic rings. The van der Waals surface area contributed by atoms with E-state index < -0.39 is 29.2 Å². The average molecular weight is 425 g/mol. The van der Waals surface area contributed by atoms with Gasteiger partial charge in [-0.05, 0) is 11.5 Å². The number of anilines is 1. The van der Waals surface area contributed by atoms with Crippen molar-refractivity contribution in [2.75, 3.05) is 18.6 Å². The number of nitrogens with one attached hydrogen (secondary N) is 1. The number of amides is 2. The van der Waals surface area contributed by atoms with Crippen LogP contribution in [0.5, 0.6) is 0 Å². The first kappa shape index (κ1) is 20.1. The Balaban J connectivity index is 1.80. The van der Waals surface area contributed by atoms with Gasteiger partial charge in [-0.1, -0.05) is 19.0 Å². The summed E-state index contributed by atoms with van der Waals surface area (Å²) in [6, 6.07) is -0.862. The zero-order valence-electron chi connectivity index (χ0n) is 15.3. The lowest BCUT2D eigenvalue weighted by Gasteiger charge is -2.49. The Hall–Kier alpha value is -2.60. The molecule has 1 fully saturated rings. The summed E-state index contributed by atoms with van der Waals surface area (Å²) in [6.45, 7) is 3.77. The van der Waals surface area contributed by atoms with Crippen molar-refractivity contribution in [3.63, 3.8) is 0 Å². The Bertz CT molecular complexity index is 894. The van der Waals surface area contributed by atoms with Crippen LogP contribution in [-0.4, -0.2) is 62.8 Å². The van der Waals surface area contributed by atoms with Crippen molar-refractivity contribution in [2.45, 2.75) is 25.3 Å². The van der Waals surface area contributed by atoms with Crippen LogP contribution in [-0.2, 0) is 19.2 Å². The molecule has 10 nitrogen and oxygen atoms in total. The Morgan fingerprint density at radius 3 is 2.75 bits per heavy atom. The summed E-state index contributed by atoms with van der Waals surface area (Å²) in [7, 11) is 1.29. The number of carboxylic acids is 1. The minimum absolute atomic E-state index is 0.00319. The second-order valence-electron chi connectivity index (χ2n) is 6.39. The third-order valence-corrected chi connectivity index (χ3v) is 6.32. The lowest BCUT2D eigenvalue weighted by Crippen LogP contribution is -2.71. The van der Waals surface area contributed by atoms with Gasteiger partial charge in [0.05, 0.1) is 0 Å². The highest BCUT2D eigenvalue weighted by Gasteiger charge is 2.54. The molecular weight excluding hydrogens is 406 g/mol. The van der Waals surface area contributed by atoms with E-state index in [4.69, 9.17) is 10.6 Å². The molecule has 28 heavy (non-hydrogen) atoms. The minimum atomic E-state index is -1.15. The van der Waals surface area contributed by atoms with Gasteiger partial charge in [-0.3, -0.25) is 14.5 Å². The van der Waals surface area contributed by atoms with E-state index in [9.17, 15) is 19.5 Å². The van der Waals surface area contributed by atoms with Gasteiger partial charge in [0.15, 0.2) is 10.8 Å². The van der Waals surface area contributed by atoms with Gasteiger partial charge in [-0.15, -0.1) is 23.1 Å². The molecule has 2 amide bonds. The summed E-state index contributed by atoms with van der Waals surface area (Å²) < 4.78 is 0.